The van der Waals surface area contributed by atoms with Gasteiger partial charge >= 0.3 is 0 Å². The van der Waals surface area contributed by atoms with E-state index in [1.165, 1.54) is 0 Å². The van der Waals surface area contributed by atoms with Crippen LogP contribution in [0.4, 0.5) is 0 Å². The maximum Gasteiger partial charge on any atom is 0.228 e. The molecule has 0 saturated carbocycles. The fourth-order valence-corrected chi connectivity index (χ4v) is 3.23. The molecule has 128 valence electrons. The van der Waals surface area contributed by atoms with E-state index in [0.717, 1.165) is 49.5 Å². The molecule has 2 heterocycles. The fraction of sp³-hybridized carbons (Fsp3) is 0.474. The molecule has 1 aromatic carbocycles. The number of likely N-dealkylation sites (tertiary alicyclic amines) is 1. The van der Waals surface area contributed by atoms with Crippen molar-refractivity contribution in [1.29, 1.82) is 0 Å². The summed E-state index contributed by atoms with van der Waals surface area (Å²) >= 11 is 0. The van der Waals surface area contributed by atoms with Gasteiger partial charge < -0.3 is 14.6 Å². The van der Waals surface area contributed by atoms with Crippen LogP contribution in [0.1, 0.15) is 24.3 Å². The Bertz CT molecular complexity index is 673. The van der Waals surface area contributed by atoms with E-state index in [1.807, 2.05) is 49.2 Å². The molecule has 5 heteroatoms. The molecule has 0 radical (unpaired) electrons. The standard InChI is InChI=1S/C19H25N3O2/c1-14-17(21-19(24-14)16-6-4-3-5-7-16)12-18(23)22-10-8-15(9-11-22)13-20-2/h3-7,15,20H,8-13H2,1-2H3. The van der Waals surface area contributed by atoms with Crippen molar-refractivity contribution in [3.8, 4) is 11.5 Å². The molecule has 1 aliphatic heterocycles. The molecule has 1 saturated heterocycles. The summed E-state index contributed by atoms with van der Waals surface area (Å²) in [5, 5.41) is 3.22. The van der Waals surface area contributed by atoms with Gasteiger partial charge in [-0.2, -0.15) is 0 Å². The number of nitrogens with one attached hydrogen (secondary N) is 1. The van der Waals surface area contributed by atoms with E-state index in [-0.39, 0.29) is 5.91 Å². The molecular weight excluding hydrogens is 302 g/mol. The lowest BCUT2D eigenvalue weighted by Crippen LogP contribution is -2.41. The molecule has 1 amide bonds. The van der Waals surface area contributed by atoms with Crippen molar-refractivity contribution in [3.63, 3.8) is 0 Å². The van der Waals surface area contributed by atoms with Crippen LogP contribution in [0.2, 0.25) is 0 Å². The molecule has 0 atom stereocenters. The van der Waals surface area contributed by atoms with Crippen molar-refractivity contribution in [1.82, 2.24) is 15.2 Å². The van der Waals surface area contributed by atoms with E-state index in [1.54, 1.807) is 0 Å². The average Bonchev–Trinajstić information content (AvgIpc) is 2.97. The van der Waals surface area contributed by atoms with Crippen molar-refractivity contribution in [2.24, 2.45) is 5.92 Å². The first kappa shape index (κ1) is 16.7. The van der Waals surface area contributed by atoms with Gasteiger partial charge in [0.15, 0.2) is 0 Å². The molecule has 24 heavy (non-hydrogen) atoms. The van der Waals surface area contributed by atoms with Crippen LogP contribution in [0.3, 0.4) is 0 Å². The van der Waals surface area contributed by atoms with Gasteiger partial charge in [0.1, 0.15) is 5.76 Å². The first-order valence-corrected chi connectivity index (χ1v) is 8.61. The van der Waals surface area contributed by atoms with Gasteiger partial charge in [-0.05, 0) is 51.4 Å². The molecule has 0 unspecified atom stereocenters. The molecule has 0 spiro atoms. The van der Waals surface area contributed by atoms with Crippen LogP contribution in [0.25, 0.3) is 11.5 Å². The van der Waals surface area contributed by atoms with Gasteiger partial charge in [-0.3, -0.25) is 4.79 Å². The van der Waals surface area contributed by atoms with E-state index in [2.05, 4.69) is 10.3 Å². The molecule has 1 N–H and O–H groups in total. The minimum atomic E-state index is 0.147. The number of hydrogen-bond acceptors (Lipinski definition) is 4. The lowest BCUT2D eigenvalue weighted by Gasteiger charge is -2.31. The minimum Gasteiger partial charge on any atom is -0.441 e. The molecule has 0 aliphatic carbocycles. The summed E-state index contributed by atoms with van der Waals surface area (Å²) in [7, 11) is 1.98. The van der Waals surface area contributed by atoms with Gasteiger partial charge in [-0.25, -0.2) is 4.98 Å². The van der Waals surface area contributed by atoms with Crippen LogP contribution in [-0.2, 0) is 11.2 Å². The molecule has 1 fully saturated rings. The zero-order valence-electron chi connectivity index (χ0n) is 14.4. The third-order valence-electron chi connectivity index (χ3n) is 4.69. The Labute approximate surface area is 143 Å². The highest BCUT2D eigenvalue weighted by molar-refractivity contribution is 5.78. The number of rotatable bonds is 5. The van der Waals surface area contributed by atoms with E-state index in [9.17, 15) is 4.79 Å². The van der Waals surface area contributed by atoms with Gasteiger partial charge in [0.2, 0.25) is 11.8 Å². The molecule has 1 aromatic heterocycles. The third kappa shape index (κ3) is 3.85. The number of carbonyl (C=O) groups is 1. The van der Waals surface area contributed by atoms with Crippen LogP contribution >= 0.6 is 0 Å². The predicted octanol–water partition coefficient (Wildman–Crippen LogP) is 2.65. The number of aromatic nitrogens is 1. The van der Waals surface area contributed by atoms with E-state index in [0.29, 0.717) is 18.2 Å². The van der Waals surface area contributed by atoms with Crippen LogP contribution in [-0.4, -0.2) is 42.5 Å². The molecule has 1 aliphatic rings. The number of piperidine rings is 1. The van der Waals surface area contributed by atoms with Crippen LogP contribution in [0.15, 0.2) is 34.7 Å². The summed E-state index contributed by atoms with van der Waals surface area (Å²) in [6.07, 6.45) is 2.46. The zero-order valence-corrected chi connectivity index (χ0v) is 14.4. The topological polar surface area (TPSA) is 58.4 Å². The third-order valence-corrected chi connectivity index (χ3v) is 4.69. The lowest BCUT2D eigenvalue weighted by atomic mass is 9.96. The SMILES string of the molecule is CNCC1CCN(C(=O)Cc2nc(-c3ccccc3)oc2C)CC1. The minimum absolute atomic E-state index is 0.147. The summed E-state index contributed by atoms with van der Waals surface area (Å²) in [5.41, 5.74) is 1.68. The normalized spacial score (nSPS) is 15.7. The molecule has 0 bridgehead atoms. The van der Waals surface area contributed by atoms with Gasteiger partial charge in [0.05, 0.1) is 12.1 Å². The highest BCUT2D eigenvalue weighted by atomic mass is 16.4. The summed E-state index contributed by atoms with van der Waals surface area (Å²) in [6, 6.07) is 9.79. The Hall–Kier alpha value is -2.14. The number of nitrogens with zero attached hydrogens (tertiary/aromatic N) is 2. The quantitative estimate of drug-likeness (QED) is 0.917. The highest BCUT2D eigenvalue weighted by Gasteiger charge is 2.24. The Morgan fingerprint density at radius 3 is 2.67 bits per heavy atom. The largest absolute Gasteiger partial charge is 0.441 e. The van der Waals surface area contributed by atoms with Gasteiger partial charge in [-0.1, -0.05) is 18.2 Å². The van der Waals surface area contributed by atoms with Gasteiger partial charge in [0.25, 0.3) is 0 Å². The summed E-state index contributed by atoms with van der Waals surface area (Å²) in [6.45, 7) is 4.59. The number of aryl methyl sites for hydroxylation is 1. The number of oxazole rings is 1. The smallest absolute Gasteiger partial charge is 0.228 e. The number of hydrogen-bond donors (Lipinski definition) is 1. The second-order valence-electron chi connectivity index (χ2n) is 6.45. The summed E-state index contributed by atoms with van der Waals surface area (Å²) in [4.78, 5) is 19.1. The first-order chi connectivity index (χ1) is 11.7. The Morgan fingerprint density at radius 1 is 1.29 bits per heavy atom. The second kappa shape index (κ2) is 7.62. The fourth-order valence-electron chi connectivity index (χ4n) is 3.23. The molecule has 5 nitrogen and oxygen atoms in total. The molecule has 2 aromatic rings. The maximum atomic E-state index is 12.6. The number of benzene rings is 1. The van der Waals surface area contributed by atoms with Crippen molar-refractivity contribution in [2.75, 3.05) is 26.7 Å². The van der Waals surface area contributed by atoms with Crippen LogP contribution in [0.5, 0.6) is 0 Å². The highest BCUT2D eigenvalue weighted by Crippen LogP contribution is 2.23. The van der Waals surface area contributed by atoms with E-state index >= 15 is 0 Å². The molecule has 3 rings (SSSR count). The maximum absolute atomic E-state index is 12.6. The molecular formula is C19H25N3O2. The first-order valence-electron chi connectivity index (χ1n) is 8.61. The second-order valence-corrected chi connectivity index (χ2v) is 6.45. The van der Waals surface area contributed by atoms with Crippen molar-refractivity contribution < 1.29 is 9.21 Å². The summed E-state index contributed by atoms with van der Waals surface area (Å²) < 4.78 is 5.75. The average molecular weight is 327 g/mol. The van der Waals surface area contributed by atoms with Crippen LogP contribution < -0.4 is 5.32 Å². The monoisotopic (exact) mass is 327 g/mol. The van der Waals surface area contributed by atoms with Crippen molar-refractivity contribution in [3.05, 3.63) is 41.8 Å². The Balaban J connectivity index is 1.62. The zero-order chi connectivity index (χ0) is 16.9. The Kier molecular flexibility index (Phi) is 5.30. The van der Waals surface area contributed by atoms with Crippen molar-refractivity contribution >= 4 is 5.91 Å². The Morgan fingerprint density at radius 2 is 2.00 bits per heavy atom. The predicted molar refractivity (Wildman–Crippen MR) is 93.6 cm³/mol. The van der Waals surface area contributed by atoms with E-state index < -0.39 is 0 Å². The number of carbonyl (C=O) groups excluding carboxylic acids is 1. The summed E-state index contributed by atoms with van der Waals surface area (Å²) in [5.74, 6) is 2.14. The van der Waals surface area contributed by atoms with E-state index in [4.69, 9.17) is 4.42 Å². The van der Waals surface area contributed by atoms with Gasteiger partial charge in [-0.15, -0.1) is 0 Å². The lowest BCUT2D eigenvalue weighted by molar-refractivity contribution is -0.131. The van der Waals surface area contributed by atoms with Gasteiger partial charge in [0, 0.05) is 18.7 Å². The number of amides is 1. The van der Waals surface area contributed by atoms with Crippen molar-refractivity contribution in [2.45, 2.75) is 26.2 Å². The van der Waals surface area contributed by atoms with Crippen LogP contribution in [0, 0.1) is 12.8 Å².